The van der Waals surface area contributed by atoms with Gasteiger partial charge in [-0.3, -0.25) is 27.9 Å². The molecule has 1 fully saturated rings. The predicted octanol–water partition coefficient (Wildman–Crippen LogP) is 2.37. The van der Waals surface area contributed by atoms with Crippen molar-refractivity contribution >= 4 is 22.5 Å². The van der Waals surface area contributed by atoms with Gasteiger partial charge in [0.2, 0.25) is 0 Å². The number of hydrogen-bond donors (Lipinski definition) is 1. The van der Waals surface area contributed by atoms with Gasteiger partial charge in [0, 0.05) is 31.0 Å². The van der Waals surface area contributed by atoms with Crippen LogP contribution in [0.3, 0.4) is 0 Å². The Bertz CT molecular complexity index is 1920. The molecule has 1 amide bonds. The molecule has 41 heavy (non-hydrogen) atoms. The minimum Gasteiger partial charge on any atom is -0.376 e. The van der Waals surface area contributed by atoms with E-state index in [1.165, 1.54) is 19.6 Å². The van der Waals surface area contributed by atoms with Crippen molar-refractivity contribution in [2.75, 3.05) is 13.2 Å². The van der Waals surface area contributed by atoms with Gasteiger partial charge >= 0.3 is 5.69 Å². The molecular formula is C31H29N5O5. The Morgan fingerprint density at radius 1 is 0.976 bits per heavy atom. The zero-order valence-corrected chi connectivity index (χ0v) is 22.4. The summed E-state index contributed by atoms with van der Waals surface area (Å²) in [5.74, 6) is -0.313. The van der Waals surface area contributed by atoms with E-state index in [4.69, 9.17) is 4.74 Å². The fourth-order valence-corrected chi connectivity index (χ4v) is 5.28. The average molecular weight is 552 g/mol. The van der Waals surface area contributed by atoms with Gasteiger partial charge in [0.1, 0.15) is 5.65 Å². The lowest BCUT2D eigenvalue weighted by molar-refractivity contribution is 0.0948. The summed E-state index contributed by atoms with van der Waals surface area (Å²) in [6.07, 6.45) is 3.69. The standard InChI is InChI=1S/C31H29N5O5/c37-28-18-23(33-27-10-4-5-15-34(27)28)19-35-26-17-22(29(38)32-14-13-21-7-2-1-3-8-21)11-12-25(26)30(39)36(31(35)40)20-24-9-6-16-41-24/h1-5,7-8,10-12,15,17-18,24H,6,9,13-14,16,19-20H2,(H,32,38). The number of fused-ring (bicyclic) bond motifs is 2. The maximum absolute atomic E-state index is 13.8. The molecule has 4 heterocycles. The second kappa shape index (κ2) is 11.3. The van der Waals surface area contributed by atoms with Crippen molar-refractivity contribution in [1.29, 1.82) is 0 Å². The maximum atomic E-state index is 13.8. The molecule has 1 aliphatic rings. The van der Waals surface area contributed by atoms with Crippen LogP contribution in [0.2, 0.25) is 0 Å². The molecule has 3 aromatic heterocycles. The van der Waals surface area contributed by atoms with Crippen LogP contribution in [0.5, 0.6) is 0 Å². The Morgan fingerprint density at radius 2 is 1.80 bits per heavy atom. The quantitative estimate of drug-likeness (QED) is 0.317. The zero-order chi connectivity index (χ0) is 28.3. The third-order valence-electron chi connectivity index (χ3n) is 7.38. The SMILES string of the molecule is O=C(NCCc1ccccc1)c1ccc2c(=O)n(CC3CCCO3)c(=O)n(Cc3cc(=O)n4ccccc4n3)c2c1. The molecule has 10 nitrogen and oxygen atoms in total. The van der Waals surface area contributed by atoms with Crippen molar-refractivity contribution in [3.63, 3.8) is 0 Å². The Labute approximate surface area is 234 Å². The normalized spacial score (nSPS) is 15.0. The minimum absolute atomic E-state index is 0.0547. The lowest BCUT2D eigenvalue weighted by atomic mass is 10.1. The first-order valence-corrected chi connectivity index (χ1v) is 13.7. The van der Waals surface area contributed by atoms with Gasteiger partial charge in [0.15, 0.2) is 0 Å². The molecule has 1 atom stereocenters. The maximum Gasteiger partial charge on any atom is 0.331 e. The molecule has 0 radical (unpaired) electrons. The Morgan fingerprint density at radius 3 is 2.61 bits per heavy atom. The molecule has 0 aliphatic carbocycles. The van der Waals surface area contributed by atoms with Crippen LogP contribution in [-0.2, 0) is 24.2 Å². The van der Waals surface area contributed by atoms with E-state index < -0.39 is 11.2 Å². The molecule has 10 heteroatoms. The molecule has 0 saturated carbocycles. The highest BCUT2D eigenvalue weighted by atomic mass is 16.5. The fourth-order valence-electron chi connectivity index (χ4n) is 5.28. The van der Waals surface area contributed by atoms with Crippen molar-refractivity contribution < 1.29 is 9.53 Å². The first-order chi connectivity index (χ1) is 20.0. The monoisotopic (exact) mass is 551 g/mol. The summed E-state index contributed by atoms with van der Waals surface area (Å²) in [6, 6.07) is 21.2. The summed E-state index contributed by atoms with van der Waals surface area (Å²) in [4.78, 5) is 57.7. The van der Waals surface area contributed by atoms with Crippen LogP contribution in [0.25, 0.3) is 16.6 Å². The van der Waals surface area contributed by atoms with Crippen molar-refractivity contribution in [3.8, 4) is 0 Å². The lowest BCUT2D eigenvalue weighted by Gasteiger charge is -2.17. The number of ether oxygens (including phenoxy) is 1. The van der Waals surface area contributed by atoms with Gasteiger partial charge in [0.25, 0.3) is 17.0 Å². The third-order valence-corrected chi connectivity index (χ3v) is 7.38. The molecule has 6 rings (SSSR count). The van der Waals surface area contributed by atoms with Crippen LogP contribution < -0.4 is 22.1 Å². The van der Waals surface area contributed by atoms with E-state index in [0.29, 0.717) is 47.4 Å². The van der Waals surface area contributed by atoms with Gasteiger partial charge in [-0.05, 0) is 55.2 Å². The first-order valence-electron chi connectivity index (χ1n) is 13.7. The number of amides is 1. The van der Waals surface area contributed by atoms with Crippen LogP contribution in [0, 0.1) is 0 Å². The van der Waals surface area contributed by atoms with E-state index in [1.807, 2.05) is 30.3 Å². The highest BCUT2D eigenvalue weighted by molar-refractivity contribution is 5.97. The highest BCUT2D eigenvalue weighted by Crippen LogP contribution is 2.16. The number of rotatable bonds is 8. The number of hydrogen-bond acceptors (Lipinski definition) is 6. The van der Waals surface area contributed by atoms with Crippen LogP contribution in [0.15, 0.2) is 93.4 Å². The Hall–Kier alpha value is -4.83. The molecule has 1 N–H and O–H groups in total. The van der Waals surface area contributed by atoms with Crippen LogP contribution in [-0.4, -0.2) is 43.7 Å². The molecule has 208 valence electrons. The van der Waals surface area contributed by atoms with E-state index >= 15 is 0 Å². The number of benzene rings is 2. The number of nitrogens with zero attached hydrogens (tertiary/aromatic N) is 4. The second-order valence-electron chi connectivity index (χ2n) is 10.2. The first kappa shape index (κ1) is 26.4. The molecule has 1 aliphatic heterocycles. The smallest absolute Gasteiger partial charge is 0.331 e. The molecule has 1 unspecified atom stereocenters. The molecule has 5 aromatic rings. The van der Waals surface area contributed by atoms with Crippen molar-refractivity contribution in [1.82, 2.24) is 23.8 Å². The number of carbonyl (C=O) groups excluding carboxylic acids is 1. The van der Waals surface area contributed by atoms with E-state index in [0.717, 1.165) is 18.4 Å². The van der Waals surface area contributed by atoms with Gasteiger partial charge in [0.05, 0.1) is 35.8 Å². The molecule has 1 saturated heterocycles. The van der Waals surface area contributed by atoms with Gasteiger partial charge in [-0.1, -0.05) is 36.4 Å². The predicted molar refractivity (Wildman–Crippen MR) is 154 cm³/mol. The second-order valence-corrected chi connectivity index (χ2v) is 10.2. The minimum atomic E-state index is -0.547. The lowest BCUT2D eigenvalue weighted by Crippen LogP contribution is -2.43. The number of nitrogens with one attached hydrogen (secondary N) is 1. The van der Waals surface area contributed by atoms with E-state index in [9.17, 15) is 19.2 Å². The van der Waals surface area contributed by atoms with Crippen molar-refractivity contribution in [2.24, 2.45) is 0 Å². The number of pyridine rings is 1. The molecule has 0 spiro atoms. The zero-order valence-electron chi connectivity index (χ0n) is 22.4. The Balaban J connectivity index is 1.40. The van der Waals surface area contributed by atoms with Crippen LogP contribution in [0.1, 0.15) is 34.5 Å². The number of carbonyl (C=O) groups is 1. The van der Waals surface area contributed by atoms with Crippen LogP contribution >= 0.6 is 0 Å². The summed E-state index contributed by atoms with van der Waals surface area (Å²) >= 11 is 0. The van der Waals surface area contributed by atoms with E-state index in [2.05, 4.69) is 10.3 Å². The summed E-state index contributed by atoms with van der Waals surface area (Å²) in [7, 11) is 0. The van der Waals surface area contributed by atoms with E-state index in [-0.39, 0.29) is 30.7 Å². The molecule has 0 bridgehead atoms. The van der Waals surface area contributed by atoms with Gasteiger partial charge < -0.3 is 10.1 Å². The molecule has 2 aromatic carbocycles. The van der Waals surface area contributed by atoms with Crippen molar-refractivity contribution in [3.05, 3.63) is 127 Å². The number of aromatic nitrogens is 4. The fraction of sp³-hybridized carbons (Fsp3) is 0.258. The Kier molecular flexibility index (Phi) is 7.30. The summed E-state index contributed by atoms with van der Waals surface area (Å²) in [6.45, 7) is 1.10. The topological polar surface area (TPSA) is 117 Å². The van der Waals surface area contributed by atoms with Gasteiger partial charge in [-0.2, -0.15) is 0 Å². The summed E-state index contributed by atoms with van der Waals surface area (Å²) in [5.41, 5.74) is 1.26. The highest BCUT2D eigenvalue weighted by Gasteiger charge is 2.22. The molecular weight excluding hydrogens is 522 g/mol. The summed E-state index contributed by atoms with van der Waals surface area (Å²) in [5, 5.41) is 3.21. The average Bonchev–Trinajstić information content (AvgIpc) is 3.51. The van der Waals surface area contributed by atoms with Gasteiger partial charge in [-0.15, -0.1) is 0 Å². The van der Waals surface area contributed by atoms with E-state index in [1.54, 1.807) is 42.6 Å². The largest absolute Gasteiger partial charge is 0.376 e. The third kappa shape index (κ3) is 5.46. The van der Waals surface area contributed by atoms with Gasteiger partial charge in [-0.25, -0.2) is 9.78 Å². The van der Waals surface area contributed by atoms with Crippen molar-refractivity contribution in [2.45, 2.75) is 38.5 Å². The van der Waals surface area contributed by atoms with Crippen LogP contribution in [0.4, 0.5) is 0 Å². The summed E-state index contributed by atoms with van der Waals surface area (Å²) < 4.78 is 9.72.